The van der Waals surface area contributed by atoms with Crippen LogP contribution in [-0.2, 0) is 4.79 Å². The van der Waals surface area contributed by atoms with Gasteiger partial charge in [0, 0.05) is 17.9 Å². The van der Waals surface area contributed by atoms with E-state index in [1.807, 2.05) is 16.8 Å². The van der Waals surface area contributed by atoms with E-state index in [2.05, 4.69) is 5.16 Å². The fourth-order valence-electron chi connectivity index (χ4n) is 0.995. The molecule has 0 spiro atoms. The highest BCUT2D eigenvalue weighted by atomic mass is 32.1. The molecule has 0 saturated heterocycles. The van der Waals surface area contributed by atoms with Gasteiger partial charge in [0.2, 0.25) is 0 Å². The van der Waals surface area contributed by atoms with E-state index in [1.165, 1.54) is 6.92 Å². The van der Waals surface area contributed by atoms with Crippen molar-refractivity contribution in [1.29, 1.82) is 0 Å². The van der Waals surface area contributed by atoms with Gasteiger partial charge in [0.15, 0.2) is 5.76 Å². The van der Waals surface area contributed by atoms with Crippen molar-refractivity contribution < 1.29 is 14.1 Å². The molecule has 0 aliphatic rings. The number of thiophene rings is 1. The first-order chi connectivity index (χ1) is 6.75. The maximum Gasteiger partial charge on any atom is 0.309 e. The molecule has 4 nitrogen and oxygen atoms in total. The molecular formula is C9H7NO3S. The van der Waals surface area contributed by atoms with E-state index in [-0.39, 0.29) is 5.88 Å². The molecule has 0 atom stereocenters. The van der Waals surface area contributed by atoms with Crippen molar-refractivity contribution in [3.8, 4) is 17.2 Å². The molecule has 0 radical (unpaired) electrons. The van der Waals surface area contributed by atoms with Crippen LogP contribution >= 0.6 is 11.3 Å². The fraction of sp³-hybridized carbons (Fsp3) is 0.111. The van der Waals surface area contributed by atoms with E-state index in [0.29, 0.717) is 5.76 Å². The van der Waals surface area contributed by atoms with Crippen LogP contribution < -0.4 is 4.74 Å². The molecule has 72 valence electrons. The highest BCUT2D eigenvalue weighted by Gasteiger charge is 2.08. The molecule has 0 unspecified atom stereocenters. The van der Waals surface area contributed by atoms with Gasteiger partial charge in [-0.1, -0.05) is 0 Å². The van der Waals surface area contributed by atoms with Gasteiger partial charge in [-0.25, -0.2) is 0 Å². The Morgan fingerprint density at radius 3 is 3.14 bits per heavy atom. The summed E-state index contributed by atoms with van der Waals surface area (Å²) in [5.74, 6) is 0.386. The van der Waals surface area contributed by atoms with E-state index < -0.39 is 5.97 Å². The van der Waals surface area contributed by atoms with Gasteiger partial charge in [0.1, 0.15) is 0 Å². The van der Waals surface area contributed by atoms with Crippen molar-refractivity contribution in [2.45, 2.75) is 6.92 Å². The monoisotopic (exact) mass is 209 g/mol. The first-order valence-electron chi connectivity index (χ1n) is 3.93. The lowest BCUT2D eigenvalue weighted by atomic mass is 10.3. The number of nitrogens with zero attached hydrogens (tertiary/aromatic N) is 1. The SMILES string of the molecule is CC(=O)Oc1cc(-c2ccsc2)on1. The van der Waals surface area contributed by atoms with Crippen LogP contribution in [0.4, 0.5) is 0 Å². The molecule has 2 rings (SSSR count). The first kappa shape index (κ1) is 8.96. The molecule has 0 aromatic carbocycles. The van der Waals surface area contributed by atoms with Gasteiger partial charge in [-0.15, -0.1) is 0 Å². The molecule has 0 N–H and O–H groups in total. The predicted molar refractivity (Wildman–Crippen MR) is 51.1 cm³/mol. The van der Waals surface area contributed by atoms with E-state index in [4.69, 9.17) is 9.26 Å². The summed E-state index contributed by atoms with van der Waals surface area (Å²) in [6.45, 7) is 1.32. The van der Waals surface area contributed by atoms with Crippen molar-refractivity contribution in [1.82, 2.24) is 5.16 Å². The van der Waals surface area contributed by atoms with Crippen LogP contribution in [0.15, 0.2) is 27.4 Å². The van der Waals surface area contributed by atoms with Gasteiger partial charge in [-0.05, 0) is 16.6 Å². The van der Waals surface area contributed by atoms with Gasteiger partial charge in [0.25, 0.3) is 5.88 Å². The van der Waals surface area contributed by atoms with E-state index in [1.54, 1.807) is 17.4 Å². The molecule has 0 fully saturated rings. The Balaban J connectivity index is 2.22. The summed E-state index contributed by atoms with van der Waals surface area (Å²) in [7, 11) is 0. The predicted octanol–water partition coefficient (Wildman–Crippen LogP) is 2.33. The Bertz CT molecular complexity index is 433. The van der Waals surface area contributed by atoms with Crippen LogP contribution in [0.2, 0.25) is 0 Å². The lowest BCUT2D eigenvalue weighted by Crippen LogP contribution is -2.00. The fourth-order valence-corrected chi connectivity index (χ4v) is 1.64. The standard InChI is InChI=1S/C9H7NO3S/c1-6(11)12-9-4-8(13-10-9)7-2-3-14-5-7/h2-5H,1H3. The molecule has 2 heterocycles. The van der Waals surface area contributed by atoms with Gasteiger partial charge in [0.05, 0.1) is 6.07 Å². The summed E-state index contributed by atoms with van der Waals surface area (Å²) < 4.78 is 9.74. The quantitative estimate of drug-likeness (QED) is 0.712. The van der Waals surface area contributed by atoms with Gasteiger partial charge < -0.3 is 9.26 Å². The summed E-state index contributed by atoms with van der Waals surface area (Å²) in [4.78, 5) is 10.6. The summed E-state index contributed by atoms with van der Waals surface area (Å²) >= 11 is 1.56. The van der Waals surface area contributed by atoms with Gasteiger partial charge in [-0.3, -0.25) is 4.79 Å². The number of carbonyl (C=O) groups is 1. The summed E-state index contributed by atoms with van der Waals surface area (Å²) in [6, 6.07) is 3.49. The van der Waals surface area contributed by atoms with Crippen molar-refractivity contribution in [3.63, 3.8) is 0 Å². The van der Waals surface area contributed by atoms with E-state index in [9.17, 15) is 4.79 Å². The Morgan fingerprint density at radius 2 is 2.50 bits per heavy atom. The molecular weight excluding hydrogens is 202 g/mol. The molecule has 14 heavy (non-hydrogen) atoms. The third-order valence-corrected chi connectivity index (χ3v) is 2.23. The maximum absolute atomic E-state index is 10.6. The zero-order valence-corrected chi connectivity index (χ0v) is 8.21. The minimum Gasteiger partial charge on any atom is -0.404 e. The smallest absolute Gasteiger partial charge is 0.309 e. The molecule has 0 bridgehead atoms. The lowest BCUT2D eigenvalue weighted by molar-refractivity contribution is -0.132. The zero-order chi connectivity index (χ0) is 9.97. The Hall–Kier alpha value is -1.62. The average Bonchev–Trinajstić information content (AvgIpc) is 2.69. The number of rotatable bonds is 2. The Labute approximate surface area is 84.1 Å². The van der Waals surface area contributed by atoms with Crippen LogP contribution in [0, 0.1) is 0 Å². The molecule has 5 heteroatoms. The van der Waals surface area contributed by atoms with Gasteiger partial charge >= 0.3 is 5.97 Å². The second-order valence-electron chi connectivity index (χ2n) is 2.64. The number of ether oxygens (including phenoxy) is 1. The van der Waals surface area contributed by atoms with E-state index >= 15 is 0 Å². The molecule has 2 aromatic heterocycles. The van der Waals surface area contributed by atoms with Crippen molar-refractivity contribution >= 4 is 17.3 Å². The Morgan fingerprint density at radius 1 is 1.64 bits per heavy atom. The maximum atomic E-state index is 10.6. The molecule has 0 amide bonds. The highest BCUT2D eigenvalue weighted by molar-refractivity contribution is 7.08. The Kier molecular flexibility index (Phi) is 2.32. The minimum atomic E-state index is -0.407. The normalized spacial score (nSPS) is 10.1. The topological polar surface area (TPSA) is 52.3 Å². The summed E-state index contributed by atoms with van der Waals surface area (Å²) in [6.07, 6.45) is 0. The average molecular weight is 209 g/mol. The molecule has 0 saturated carbocycles. The van der Waals surface area contributed by atoms with Crippen LogP contribution in [-0.4, -0.2) is 11.1 Å². The van der Waals surface area contributed by atoms with Gasteiger partial charge in [-0.2, -0.15) is 11.3 Å². The largest absolute Gasteiger partial charge is 0.404 e. The zero-order valence-electron chi connectivity index (χ0n) is 7.39. The van der Waals surface area contributed by atoms with Crippen LogP contribution in [0.5, 0.6) is 5.88 Å². The number of aromatic nitrogens is 1. The number of esters is 1. The number of hydrogen-bond donors (Lipinski definition) is 0. The minimum absolute atomic E-state index is 0.193. The molecule has 0 aliphatic heterocycles. The lowest BCUT2D eigenvalue weighted by Gasteiger charge is -1.89. The highest BCUT2D eigenvalue weighted by Crippen LogP contribution is 2.25. The second-order valence-corrected chi connectivity index (χ2v) is 3.42. The second kappa shape index (κ2) is 3.63. The van der Waals surface area contributed by atoms with Crippen molar-refractivity contribution in [2.75, 3.05) is 0 Å². The van der Waals surface area contributed by atoms with E-state index in [0.717, 1.165) is 5.56 Å². The number of hydrogen-bond acceptors (Lipinski definition) is 5. The van der Waals surface area contributed by atoms with Crippen molar-refractivity contribution in [2.24, 2.45) is 0 Å². The molecule has 2 aromatic rings. The van der Waals surface area contributed by atoms with Crippen molar-refractivity contribution in [3.05, 3.63) is 22.9 Å². The van der Waals surface area contributed by atoms with Crippen LogP contribution in [0.3, 0.4) is 0 Å². The van der Waals surface area contributed by atoms with Crippen LogP contribution in [0.25, 0.3) is 11.3 Å². The molecule has 0 aliphatic carbocycles. The number of carbonyl (C=O) groups excluding carboxylic acids is 1. The van der Waals surface area contributed by atoms with Crippen LogP contribution in [0.1, 0.15) is 6.92 Å². The third-order valence-electron chi connectivity index (χ3n) is 1.54. The first-order valence-corrected chi connectivity index (χ1v) is 4.87. The summed E-state index contributed by atoms with van der Waals surface area (Å²) in [5, 5.41) is 7.46. The third kappa shape index (κ3) is 1.82. The summed E-state index contributed by atoms with van der Waals surface area (Å²) in [5.41, 5.74) is 0.931.